The summed E-state index contributed by atoms with van der Waals surface area (Å²) in [6, 6.07) is 17.3. The molecule has 1 unspecified atom stereocenters. The van der Waals surface area contributed by atoms with Gasteiger partial charge in [0.15, 0.2) is 0 Å². The van der Waals surface area contributed by atoms with Crippen LogP contribution in [0.25, 0.3) is 0 Å². The standard InChI is InChI=1S/C17H21NS/c1-13-7-9-17(10-8-13)19-12-16(18)11-15-6-4-3-5-14(15)2/h3-10,16H,11-12,18H2,1-2H3. The molecule has 2 aromatic rings. The number of hydrogen-bond donors (Lipinski definition) is 1. The zero-order valence-electron chi connectivity index (χ0n) is 11.6. The van der Waals surface area contributed by atoms with Crippen molar-refractivity contribution >= 4 is 11.8 Å². The van der Waals surface area contributed by atoms with Crippen LogP contribution in [0.3, 0.4) is 0 Å². The van der Waals surface area contributed by atoms with E-state index in [-0.39, 0.29) is 6.04 Å². The summed E-state index contributed by atoms with van der Waals surface area (Å²) in [7, 11) is 0. The molecule has 2 rings (SSSR count). The average molecular weight is 271 g/mol. The maximum atomic E-state index is 6.23. The van der Waals surface area contributed by atoms with E-state index in [0.717, 1.165) is 12.2 Å². The van der Waals surface area contributed by atoms with Crippen LogP contribution in [-0.4, -0.2) is 11.8 Å². The van der Waals surface area contributed by atoms with Crippen LogP contribution in [0, 0.1) is 13.8 Å². The van der Waals surface area contributed by atoms with Crippen LogP contribution in [0.5, 0.6) is 0 Å². The van der Waals surface area contributed by atoms with Crippen LogP contribution >= 0.6 is 11.8 Å². The lowest BCUT2D eigenvalue weighted by atomic mass is 10.0. The Kier molecular flexibility index (Phi) is 5.06. The number of aryl methyl sites for hydroxylation is 2. The summed E-state index contributed by atoms with van der Waals surface area (Å²) >= 11 is 1.84. The Morgan fingerprint density at radius 2 is 1.68 bits per heavy atom. The molecular formula is C17H21NS. The van der Waals surface area contributed by atoms with E-state index < -0.39 is 0 Å². The molecule has 100 valence electrons. The average Bonchev–Trinajstić information content (AvgIpc) is 2.41. The lowest BCUT2D eigenvalue weighted by Gasteiger charge is -2.13. The summed E-state index contributed by atoms with van der Waals surface area (Å²) in [4.78, 5) is 1.30. The maximum Gasteiger partial charge on any atom is 0.0174 e. The molecule has 0 radical (unpaired) electrons. The summed E-state index contributed by atoms with van der Waals surface area (Å²) in [5.41, 5.74) is 10.2. The predicted octanol–water partition coefficient (Wildman–Crippen LogP) is 3.97. The second-order valence-electron chi connectivity index (χ2n) is 5.01. The molecule has 1 nitrogen and oxygen atoms in total. The van der Waals surface area contributed by atoms with Crippen LogP contribution in [0.2, 0.25) is 0 Å². The molecule has 2 aromatic carbocycles. The van der Waals surface area contributed by atoms with Gasteiger partial charge in [-0.2, -0.15) is 0 Å². The van der Waals surface area contributed by atoms with Crippen molar-refractivity contribution in [3.63, 3.8) is 0 Å². The third kappa shape index (κ3) is 4.41. The number of thioether (sulfide) groups is 1. The second-order valence-corrected chi connectivity index (χ2v) is 6.11. The number of nitrogens with two attached hydrogens (primary N) is 1. The molecule has 0 fully saturated rings. The maximum absolute atomic E-state index is 6.23. The molecule has 0 bridgehead atoms. The highest BCUT2D eigenvalue weighted by Crippen LogP contribution is 2.20. The Balaban J connectivity index is 1.86. The van der Waals surface area contributed by atoms with E-state index in [9.17, 15) is 0 Å². The predicted molar refractivity (Wildman–Crippen MR) is 84.8 cm³/mol. The summed E-state index contributed by atoms with van der Waals surface area (Å²) in [6.07, 6.45) is 0.950. The van der Waals surface area contributed by atoms with E-state index in [1.165, 1.54) is 21.6 Å². The van der Waals surface area contributed by atoms with E-state index in [0.29, 0.717) is 0 Å². The largest absolute Gasteiger partial charge is 0.327 e. The van der Waals surface area contributed by atoms with Crippen LogP contribution < -0.4 is 5.73 Å². The minimum absolute atomic E-state index is 0.201. The van der Waals surface area contributed by atoms with Gasteiger partial charge in [-0.05, 0) is 43.5 Å². The molecule has 0 heterocycles. The summed E-state index contributed by atoms with van der Waals surface area (Å²) in [6.45, 7) is 4.26. The monoisotopic (exact) mass is 271 g/mol. The lowest BCUT2D eigenvalue weighted by molar-refractivity contribution is 0.745. The van der Waals surface area contributed by atoms with Crippen LogP contribution in [0.4, 0.5) is 0 Å². The molecule has 19 heavy (non-hydrogen) atoms. The summed E-state index contributed by atoms with van der Waals surface area (Å²) in [5, 5.41) is 0. The zero-order chi connectivity index (χ0) is 13.7. The molecule has 1 atom stereocenters. The number of hydrogen-bond acceptors (Lipinski definition) is 2. The van der Waals surface area contributed by atoms with Crippen molar-refractivity contribution in [2.24, 2.45) is 5.73 Å². The molecule has 2 heteroatoms. The molecule has 0 aliphatic rings. The molecular weight excluding hydrogens is 250 g/mol. The molecule has 0 saturated carbocycles. The first-order valence-electron chi connectivity index (χ1n) is 6.64. The van der Waals surface area contributed by atoms with Crippen LogP contribution in [0.1, 0.15) is 16.7 Å². The van der Waals surface area contributed by atoms with Crippen molar-refractivity contribution in [2.45, 2.75) is 31.2 Å². The van der Waals surface area contributed by atoms with Gasteiger partial charge in [0, 0.05) is 16.7 Å². The fraction of sp³-hybridized carbons (Fsp3) is 0.294. The van der Waals surface area contributed by atoms with Crippen molar-refractivity contribution in [3.8, 4) is 0 Å². The van der Waals surface area contributed by atoms with Gasteiger partial charge in [0.25, 0.3) is 0 Å². The van der Waals surface area contributed by atoms with Gasteiger partial charge < -0.3 is 5.73 Å². The molecule has 0 aliphatic heterocycles. The van der Waals surface area contributed by atoms with Crippen molar-refractivity contribution in [1.29, 1.82) is 0 Å². The van der Waals surface area contributed by atoms with Crippen molar-refractivity contribution < 1.29 is 0 Å². The van der Waals surface area contributed by atoms with Crippen LogP contribution in [-0.2, 0) is 6.42 Å². The fourth-order valence-corrected chi connectivity index (χ4v) is 2.87. The highest BCUT2D eigenvalue weighted by Gasteiger charge is 2.06. The van der Waals surface area contributed by atoms with Crippen molar-refractivity contribution in [2.75, 3.05) is 5.75 Å². The molecule has 0 aliphatic carbocycles. The SMILES string of the molecule is Cc1ccc(SCC(N)Cc2ccccc2C)cc1. The third-order valence-electron chi connectivity index (χ3n) is 3.23. The van der Waals surface area contributed by atoms with E-state index in [2.05, 4.69) is 62.4 Å². The lowest BCUT2D eigenvalue weighted by Crippen LogP contribution is -2.25. The third-order valence-corrected chi connectivity index (χ3v) is 4.43. The Morgan fingerprint density at radius 3 is 2.37 bits per heavy atom. The second kappa shape index (κ2) is 6.78. The van der Waals surface area contributed by atoms with Crippen LogP contribution in [0.15, 0.2) is 53.4 Å². The van der Waals surface area contributed by atoms with Gasteiger partial charge >= 0.3 is 0 Å². The summed E-state index contributed by atoms with van der Waals surface area (Å²) in [5.74, 6) is 0.956. The normalized spacial score (nSPS) is 12.4. The Bertz CT molecular complexity index is 519. The number of rotatable bonds is 5. The first-order chi connectivity index (χ1) is 9.15. The van der Waals surface area contributed by atoms with Gasteiger partial charge in [0.1, 0.15) is 0 Å². The minimum Gasteiger partial charge on any atom is -0.327 e. The van der Waals surface area contributed by atoms with Gasteiger partial charge in [-0.3, -0.25) is 0 Å². The van der Waals surface area contributed by atoms with Gasteiger partial charge in [0.2, 0.25) is 0 Å². The molecule has 0 aromatic heterocycles. The van der Waals surface area contributed by atoms with Gasteiger partial charge in [-0.25, -0.2) is 0 Å². The quantitative estimate of drug-likeness (QED) is 0.833. The Hall–Kier alpha value is -1.25. The Labute approximate surface area is 120 Å². The molecule has 0 amide bonds. The minimum atomic E-state index is 0.201. The van der Waals surface area contributed by atoms with Crippen molar-refractivity contribution in [1.82, 2.24) is 0 Å². The van der Waals surface area contributed by atoms with E-state index in [1.54, 1.807) is 0 Å². The smallest absolute Gasteiger partial charge is 0.0174 e. The summed E-state index contributed by atoms with van der Waals surface area (Å²) < 4.78 is 0. The van der Waals surface area contributed by atoms with Crippen molar-refractivity contribution in [3.05, 3.63) is 65.2 Å². The topological polar surface area (TPSA) is 26.0 Å². The van der Waals surface area contributed by atoms with E-state index in [4.69, 9.17) is 5.73 Å². The first kappa shape index (κ1) is 14.2. The number of benzene rings is 2. The molecule has 0 spiro atoms. The Morgan fingerprint density at radius 1 is 1.00 bits per heavy atom. The van der Waals surface area contributed by atoms with Gasteiger partial charge in [0.05, 0.1) is 0 Å². The highest BCUT2D eigenvalue weighted by molar-refractivity contribution is 7.99. The van der Waals surface area contributed by atoms with Gasteiger partial charge in [-0.1, -0.05) is 42.0 Å². The first-order valence-corrected chi connectivity index (χ1v) is 7.63. The zero-order valence-corrected chi connectivity index (χ0v) is 12.4. The molecule has 2 N–H and O–H groups in total. The van der Waals surface area contributed by atoms with Gasteiger partial charge in [-0.15, -0.1) is 11.8 Å². The molecule has 0 saturated heterocycles. The highest BCUT2D eigenvalue weighted by atomic mass is 32.2. The fourth-order valence-electron chi connectivity index (χ4n) is 2.02. The van der Waals surface area contributed by atoms with E-state index >= 15 is 0 Å². The van der Waals surface area contributed by atoms with E-state index in [1.807, 2.05) is 11.8 Å².